The fourth-order valence-electron chi connectivity index (χ4n) is 2.57. The zero-order valence-electron chi connectivity index (χ0n) is 14.8. The number of benzene rings is 1. The number of aryl methyl sites for hydroxylation is 1. The molecule has 130 valence electrons. The lowest BCUT2D eigenvalue weighted by atomic mass is 10.1. The molecular formula is C20H32INS. The minimum atomic E-state index is 1.12. The Morgan fingerprint density at radius 1 is 0.870 bits per heavy atom. The summed E-state index contributed by atoms with van der Waals surface area (Å²) in [7, 11) is 0. The molecule has 0 aliphatic heterocycles. The van der Waals surface area contributed by atoms with Gasteiger partial charge in [0.15, 0.2) is 0 Å². The van der Waals surface area contributed by atoms with Crippen molar-refractivity contribution in [1.29, 1.82) is 0 Å². The van der Waals surface area contributed by atoms with Crippen LogP contribution in [0.4, 0.5) is 0 Å². The van der Waals surface area contributed by atoms with E-state index in [1.165, 1.54) is 73.3 Å². The Bertz CT molecular complexity index is 466. The number of hydrogen-bond donors (Lipinski definition) is 0. The van der Waals surface area contributed by atoms with E-state index in [1.54, 1.807) is 11.3 Å². The van der Waals surface area contributed by atoms with Gasteiger partial charge in [-0.25, -0.2) is 4.98 Å². The van der Waals surface area contributed by atoms with Gasteiger partial charge in [-0.2, -0.15) is 0 Å². The van der Waals surface area contributed by atoms with Crippen LogP contribution in [0.1, 0.15) is 76.1 Å². The Hall–Kier alpha value is -0.160. The Labute approximate surface area is 160 Å². The second-order valence-electron chi connectivity index (χ2n) is 6.07. The van der Waals surface area contributed by atoms with Gasteiger partial charge in [0, 0.05) is 0 Å². The van der Waals surface area contributed by atoms with Crippen LogP contribution < -0.4 is 0 Å². The standard InChI is InChI=1S/C12H25I.C8H7NS/c1-2-3-4-5-6-7-8-9-10-11-12-13;1-6-9-7-4-2-3-5-8(7)10-6/h2-12H2,1H3;2-5H,1H3. The number of alkyl halides is 1. The van der Waals surface area contributed by atoms with Gasteiger partial charge < -0.3 is 0 Å². The second-order valence-corrected chi connectivity index (χ2v) is 8.39. The van der Waals surface area contributed by atoms with Gasteiger partial charge in [0.2, 0.25) is 0 Å². The quantitative estimate of drug-likeness (QED) is 0.205. The van der Waals surface area contributed by atoms with Gasteiger partial charge in [-0.15, -0.1) is 11.3 Å². The van der Waals surface area contributed by atoms with Crippen LogP contribution in [0.25, 0.3) is 10.2 Å². The van der Waals surface area contributed by atoms with Crippen LogP contribution >= 0.6 is 33.9 Å². The highest BCUT2D eigenvalue weighted by Gasteiger charge is 1.95. The molecule has 1 aromatic carbocycles. The lowest BCUT2D eigenvalue weighted by molar-refractivity contribution is 0.563. The average Bonchev–Trinajstić information content (AvgIpc) is 2.94. The predicted octanol–water partition coefficient (Wildman–Crippen LogP) is 7.95. The van der Waals surface area contributed by atoms with E-state index in [4.69, 9.17) is 0 Å². The van der Waals surface area contributed by atoms with E-state index in [0.717, 1.165) is 10.5 Å². The molecule has 2 rings (SSSR count). The topological polar surface area (TPSA) is 12.9 Å². The maximum Gasteiger partial charge on any atom is 0.0907 e. The fourth-order valence-corrected chi connectivity index (χ4v) is 3.94. The van der Waals surface area contributed by atoms with Crippen LogP contribution in [-0.4, -0.2) is 9.41 Å². The smallest absolute Gasteiger partial charge is 0.0907 e. The molecule has 1 aromatic heterocycles. The van der Waals surface area contributed by atoms with Crippen molar-refractivity contribution in [2.24, 2.45) is 0 Å². The van der Waals surface area contributed by atoms with Gasteiger partial charge in [0.25, 0.3) is 0 Å². The summed E-state index contributed by atoms with van der Waals surface area (Å²) in [5.74, 6) is 0. The molecule has 1 nitrogen and oxygen atoms in total. The highest BCUT2D eigenvalue weighted by molar-refractivity contribution is 14.1. The summed E-state index contributed by atoms with van der Waals surface area (Å²) in [6.45, 7) is 4.31. The molecule has 0 spiro atoms. The molecule has 0 N–H and O–H groups in total. The molecule has 3 heteroatoms. The van der Waals surface area contributed by atoms with Gasteiger partial charge in [0.1, 0.15) is 0 Å². The number of thiazole rings is 1. The van der Waals surface area contributed by atoms with E-state index in [-0.39, 0.29) is 0 Å². The van der Waals surface area contributed by atoms with Gasteiger partial charge in [-0.3, -0.25) is 0 Å². The van der Waals surface area contributed by atoms with E-state index in [9.17, 15) is 0 Å². The van der Waals surface area contributed by atoms with Gasteiger partial charge in [0.05, 0.1) is 15.2 Å². The molecule has 1 heterocycles. The average molecular weight is 445 g/mol. The summed E-state index contributed by atoms with van der Waals surface area (Å²) in [6, 6.07) is 8.19. The second kappa shape index (κ2) is 14.2. The number of unbranched alkanes of at least 4 members (excludes halogenated alkanes) is 9. The summed E-state index contributed by atoms with van der Waals surface area (Å²) in [5.41, 5.74) is 1.12. The summed E-state index contributed by atoms with van der Waals surface area (Å²) < 4.78 is 2.62. The maximum atomic E-state index is 4.33. The fraction of sp³-hybridized carbons (Fsp3) is 0.650. The van der Waals surface area contributed by atoms with Crippen molar-refractivity contribution >= 4 is 44.1 Å². The van der Waals surface area contributed by atoms with Crippen LogP contribution in [0.2, 0.25) is 0 Å². The third kappa shape index (κ3) is 10.3. The van der Waals surface area contributed by atoms with Crippen molar-refractivity contribution in [3.63, 3.8) is 0 Å². The predicted molar refractivity (Wildman–Crippen MR) is 115 cm³/mol. The molecule has 0 fully saturated rings. The van der Waals surface area contributed by atoms with Crippen LogP contribution in [-0.2, 0) is 0 Å². The molecule has 0 saturated carbocycles. The first-order chi connectivity index (χ1) is 11.3. The van der Waals surface area contributed by atoms with Crippen molar-refractivity contribution < 1.29 is 0 Å². The molecule has 0 radical (unpaired) electrons. The van der Waals surface area contributed by atoms with Crippen molar-refractivity contribution in [1.82, 2.24) is 4.98 Å². The number of nitrogens with zero attached hydrogens (tertiary/aromatic N) is 1. The number of aromatic nitrogens is 1. The number of rotatable bonds is 10. The largest absolute Gasteiger partial charge is 0.242 e. The van der Waals surface area contributed by atoms with Crippen LogP contribution in [0, 0.1) is 6.92 Å². The molecular weight excluding hydrogens is 413 g/mol. The number of fused-ring (bicyclic) bond motifs is 1. The molecule has 0 bridgehead atoms. The minimum absolute atomic E-state index is 1.12. The molecule has 0 aliphatic carbocycles. The van der Waals surface area contributed by atoms with Crippen LogP contribution in [0.15, 0.2) is 24.3 Å². The Balaban J connectivity index is 0.000000235. The molecule has 0 saturated heterocycles. The summed E-state index contributed by atoms with van der Waals surface area (Å²) in [5, 5.41) is 1.14. The monoisotopic (exact) mass is 445 g/mol. The molecule has 0 atom stereocenters. The minimum Gasteiger partial charge on any atom is -0.242 e. The first-order valence-corrected chi connectivity index (χ1v) is 11.5. The zero-order chi connectivity index (χ0) is 16.8. The van der Waals surface area contributed by atoms with Crippen molar-refractivity contribution in [2.75, 3.05) is 4.43 Å². The van der Waals surface area contributed by atoms with E-state index < -0.39 is 0 Å². The summed E-state index contributed by atoms with van der Waals surface area (Å²) in [6.07, 6.45) is 14.5. The Morgan fingerprint density at radius 3 is 2.00 bits per heavy atom. The molecule has 23 heavy (non-hydrogen) atoms. The molecule has 2 aromatic rings. The SMILES string of the molecule is CCCCCCCCCCCCI.Cc1nc2ccccc2s1. The first-order valence-electron chi connectivity index (χ1n) is 9.16. The number of halogens is 1. The third-order valence-corrected chi connectivity index (χ3v) is 5.60. The summed E-state index contributed by atoms with van der Waals surface area (Å²) in [4.78, 5) is 4.33. The zero-order valence-corrected chi connectivity index (χ0v) is 17.8. The third-order valence-electron chi connectivity index (χ3n) is 3.89. The number of hydrogen-bond acceptors (Lipinski definition) is 2. The van der Waals surface area contributed by atoms with Crippen molar-refractivity contribution in [3.05, 3.63) is 29.3 Å². The highest BCUT2D eigenvalue weighted by atomic mass is 127. The Morgan fingerprint density at radius 2 is 1.43 bits per heavy atom. The van der Waals surface area contributed by atoms with Crippen molar-refractivity contribution in [2.45, 2.75) is 78.1 Å². The summed E-state index contributed by atoms with van der Waals surface area (Å²) >= 11 is 4.21. The number of para-hydroxylation sites is 1. The van der Waals surface area contributed by atoms with Gasteiger partial charge >= 0.3 is 0 Å². The van der Waals surface area contributed by atoms with E-state index in [2.05, 4.69) is 40.6 Å². The first kappa shape index (κ1) is 20.9. The lowest BCUT2D eigenvalue weighted by Gasteiger charge is -2.00. The van der Waals surface area contributed by atoms with Gasteiger partial charge in [-0.05, 0) is 29.9 Å². The van der Waals surface area contributed by atoms with Crippen molar-refractivity contribution in [3.8, 4) is 0 Å². The highest BCUT2D eigenvalue weighted by Crippen LogP contribution is 2.19. The normalized spacial score (nSPS) is 10.6. The van der Waals surface area contributed by atoms with Gasteiger partial charge in [-0.1, -0.05) is 99.4 Å². The molecule has 0 amide bonds. The van der Waals surface area contributed by atoms with E-state index in [1.807, 2.05) is 25.1 Å². The molecule has 0 aliphatic rings. The molecule has 0 unspecified atom stereocenters. The van der Waals surface area contributed by atoms with Crippen LogP contribution in [0.3, 0.4) is 0 Å². The van der Waals surface area contributed by atoms with E-state index in [0.29, 0.717) is 0 Å². The maximum absolute atomic E-state index is 4.33. The van der Waals surface area contributed by atoms with Crippen LogP contribution in [0.5, 0.6) is 0 Å². The lowest BCUT2D eigenvalue weighted by Crippen LogP contribution is -1.81. The Kier molecular flexibility index (Phi) is 12.9. The van der Waals surface area contributed by atoms with E-state index >= 15 is 0 Å².